The summed E-state index contributed by atoms with van der Waals surface area (Å²) in [5.41, 5.74) is 2.28. The van der Waals surface area contributed by atoms with Gasteiger partial charge in [-0.05, 0) is 55.5 Å². The predicted molar refractivity (Wildman–Crippen MR) is 118 cm³/mol. The number of carbonyl (C=O) groups excluding carboxylic acids is 1. The molecule has 2 heterocycles. The summed E-state index contributed by atoms with van der Waals surface area (Å²) >= 11 is 1.74. The molecular weight excluding hydrogens is 380 g/mol. The molecule has 1 atom stereocenters. The molecule has 4 rings (SSSR count). The fourth-order valence-corrected chi connectivity index (χ4v) is 5.15. The van der Waals surface area contributed by atoms with Crippen LogP contribution < -0.4 is 4.74 Å². The summed E-state index contributed by atoms with van der Waals surface area (Å²) in [6, 6.07) is 16.6. The van der Waals surface area contributed by atoms with Crippen LogP contribution in [0.25, 0.3) is 10.2 Å². The van der Waals surface area contributed by atoms with E-state index in [-0.39, 0.29) is 11.9 Å². The minimum Gasteiger partial charge on any atom is -0.497 e. The first-order valence-corrected chi connectivity index (χ1v) is 11.3. The molecule has 0 saturated carbocycles. The number of methoxy groups -OCH3 is 1. The van der Waals surface area contributed by atoms with E-state index in [9.17, 15) is 4.79 Å². The number of hydrogen-bond donors (Lipinski definition) is 0. The van der Waals surface area contributed by atoms with Gasteiger partial charge >= 0.3 is 0 Å². The van der Waals surface area contributed by atoms with E-state index in [1.54, 1.807) is 18.4 Å². The summed E-state index contributed by atoms with van der Waals surface area (Å²) < 4.78 is 6.51. The molecule has 29 heavy (non-hydrogen) atoms. The molecule has 2 aromatic carbocycles. The molecule has 0 radical (unpaired) electrons. The Kier molecular flexibility index (Phi) is 6.45. The van der Waals surface area contributed by atoms with Gasteiger partial charge in [0.2, 0.25) is 5.91 Å². The molecule has 1 aliphatic rings. The predicted octanol–water partition coefficient (Wildman–Crippen LogP) is 5.77. The van der Waals surface area contributed by atoms with Crippen LogP contribution in [-0.4, -0.2) is 29.4 Å². The topological polar surface area (TPSA) is 42.4 Å². The van der Waals surface area contributed by atoms with Crippen LogP contribution in [0.3, 0.4) is 0 Å². The second-order valence-corrected chi connectivity index (χ2v) is 8.77. The SMILES string of the molecule is COc1ccc(C2CCCCCN2C(=O)CCCc2nc3ccccc3s2)cc1. The van der Waals surface area contributed by atoms with Crippen LogP contribution in [0.4, 0.5) is 0 Å². The fraction of sp³-hybridized carbons (Fsp3) is 0.417. The number of likely N-dealkylation sites (tertiary alicyclic amines) is 1. The Labute approximate surface area is 176 Å². The molecule has 0 N–H and O–H groups in total. The van der Waals surface area contributed by atoms with E-state index in [1.165, 1.54) is 23.1 Å². The second-order valence-electron chi connectivity index (χ2n) is 7.65. The number of benzene rings is 2. The minimum absolute atomic E-state index is 0.179. The Hall–Kier alpha value is -2.40. The van der Waals surface area contributed by atoms with Crippen molar-refractivity contribution < 1.29 is 9.53 Å². The van der Waals surface area contributed by atoms with E-state index in [1.807, 2.05) is 24.3 Å². The summed E-state index contributed by atoms with van der Waals surface area (Å²) in [5.74, 6) is 1.13. The van der Waals surface area contributed by atoms with Gasteiger partial charge in [-0.25, -0.2) is 4.98 Å². The summed E-state index contributed by atoms with van der Waals surface area (Å²) in [6.45, 7) is 0.858. The number of aryl methyl sites for hydroxylation is 1. The summed E-state index contributed by atoms with van der Waals surface area (Å²) in [5, 5.41) is 1.13. The molecule has 1 saturated heterocycles. The molecule has 1 unspecified atom stereocenters. The van der Waals surface area contributed by atoms with Crippen molar-refractivity contribution in [2.24, 2.45) is 0 Å². The van der Waals surface area contributed by atoms with Crippen molar-refractivity contribution in [1.82, 2.24) is 9.88 Å². The van der Waals surface area contributed by atoms with E-state index in [4.69, 9.17) is 9.72 Å². The van der Waals surface area contributed by atoms with Gasteiger partial charge < -0.3 is 9.64 Å². The van der Waals surface area contributed by atoms with E-state index in [0.29, 0.717) is 6.42 Å². The highest BCUT2D eigenvalue weighted by Gasteiger charge is 2.26. The molecular formula is C24H28N2O2S. The number of rotatable bonds is 6. The summed E-state index contributed by atoms with van der Waals surface area (Å²) in [7, 11) is 1.68. The summed E-state index contributed by atoms with van der Waals surface area (Å²) in [6.07, 6.45) is 6.81. The Balaban J connectivity index is 1.40. The molecule has 0 spiro atoms. The first kappa shape index (κ1) is 19.9. The number of carbonyl (C=O) groups is 1. The normalized spacial score (nSPS) is 17.3. The first-order chi connectivity index (χ1) is 14.2. The van der Waals surface area contributed by atoms with Crippen LogP contribution in [0.1, 0.15) is 55.1 Å². The smallest absolute Gasteiger partial charge is 0.223 e. The Bertz CT molecular complexity index is 918. The van der Waals surface area contributed by atoms with Crippen molar-refractivity contribution in [3.63, 3.8) is 0 Å². The van der Waals surface area contributed by atoms with Gasteiger partial charge in [-0.15, -0.1) is 11.3 Å². The minimum atomic E-state index is 0.179. The Morgan fingerprint density at radius 3 is 2.76 bits per heavy atom. The maximum Gasteiger partial charge on any atom is 0.223 e. The third kappa shape index (κ3) is 4.78. The number of hydrogen-bond acceptors (Lipinski definition) is 4. The maximum absolute atomic E-state index is 13.1. The lowest BCUT2D eigenvalue weighted by molar-refractivity contribution is -0.133. The molecule has 0 bridgehead atoms. The van der Waals surface area contributed by atoms with E-state index in [0.717, 1.165) is 48.5 Å². The van der Waals surface area contributed by atoms with Gasteiger partial charge in [-0.1, -0.05) is 37.1 Å². The van der Waals surface area contributed by atoms with Crippen molar-refractivity contribution in [2.75, 3.05) is 13.7 Å². The number of ether oxygens (including phenoxy) is 1. The number of aromatic nitrogens is 1. The van der Waals surface area contributed by atoms with Crippen LogP contribution in [0.15, 0.2) is 48.5 Å². The van der Waals surface area contributed by atoms with Gasteiger partial charge in [0, 0.05) is 13.0 Å². The van der Waals surface area contributed by atoms with E-state index in [2.05, 4.69) is 29.2 Å². The molecule has 5 heteroatoms. The van der Waals surface area contributed by atoms with Gasteiger partial charge in [0.15, 0.2) is 0 Å². The molecule has 1 aromatic heterocycles. The van der Waals surface area contributed by atoms with Gasteiger partial charge in [-0.3, -0.25) is 4.79 Å². The van der Waals surface area contributed by atoms with Crippen LogP contribution in [-0.2, 0) is 11.2 Å². The third-order valence-corrected chi connectivity index (χ3v) is 6.79. The van der Waals surface area contributed by atoms with Gasteiger partial charge in [0.05, 0.1) is 28.4 Å². The second kappa shape index (κ2) is 9.40. The average molecular weight is 409 g/mol. The highest BCUT2D eigenvalue weighted by molar-refractivity contribution is 7.18. The Morgan fingerprint density at radius 2 is 1.97 bits per heavy atom. The van der Waals surface area contributed by atoms with Gasteiger partial charge in [-0.2, -0.15) is 0 Å². The third-order valence-electron chi connectivity index (χ3n) is 5.69. The van der Waals surface area contributed by atoms with E-state index < -0.39 is 0 Å². The number of fused-ring (bicyclic) bond motifs is 1. The number of para-hydroxylation sites is 1. The lowest BCUT2D eigenvalue weighted by Crippen LogP contribution is -2.34. The van der Waals surface area contributed by atoms with Crippen LogP contribution in [0.5, 0.6) is 5.75 Å². The Morgan fingerprint density at radius 1 is 1.14 bits per heavy atom. The molecule has 0 aliphatic carbocycles. The van der Waals surface area contributed by atoms with Gasteiger partial charge in [0.1, 0.15) is 5.75 Å². The number of nitrogens with zero attached hydrogens (tertiary/aromatic N) is 2. The lowest BCUT2D eigenvalue weighted by Gasteiger charge is -2.30. The zero-order chi connectivity index (χ0) is 20.1. The number of thiazole rings is 1. The molecule has 1 aliphatic heterocycles. The first-order valence-electron chi connectivity index (χ1n) is 10.5. The van der Waals surface area contributed by atoms with Crippen LogP contribution in [0.2, 0.25) is 0 Å². The van der Waals surface area contributed by atoms with Crippen LogP contribution in [0, 0.1) is 0 Å². The lowest BCUT2D eigenvalue weighted by atomic mass is 10.00. The van der Waals surface area contributed by atoms with Crippen molar-refractivity contribution in [1.29, 1.82) is 0 Å². The van der Waals surface area contributed by atoms with Crippen molar-refractivity contribution in [3.05, 3.63) is 59.1 Å². The van der Waals surface area contributed by atoms with Crippen molar-refractivity contribution >= 4 is 27.5 Å². The highest BCUT2D eigenvalue weighted by Crippen LogP contribution is 2.32. The van der Waals surface area contributed by atoms with Crippen LogP contribution >= 0.6 is 11.3 Å². The number of amides is 1. The molecule has 152 valence electrons. The molecule has 3 aromatic rings. The van der Waals surface area contributed by atoms with Gasteiger partial charge in [0.25, 0.3) is 0 Å². The van der Waals surface area contributed by atoms with Crippen molar-refractivity contribution in [2.45, 2.75) is 51.0 Å². The van der Waals surface area contributed by atoms with E-state index >= 15 is 0 Å². The standard InChI is InChI=1S/C24H28N2O2S/c1-28-19-15-13-18(14-16-19)21-9-3-2-6-17-26(21)24(27)12-7-11-23-25-20-8-4-5-10-22(20)29-23/h4-5,8,10,13-16,21H,2-3,6-7,9,11-12,17H2,1H3. The highest BCUT2D eigenvalue weighted by atomic mass is 32.1. The molecule has 1 fully saturated rings. The average Bonchev–Trinajstić information content (AvgIpc) is 3.00. The molecule has 4 nitrogen and oxygen atoms in total. The maximum atomic E-state index is 13.1. The zero-order valence-corrected chi connectivity index (χ0v) is 17.8. The molecule has 1 amide bonds. The zero-order valence-electron chi connectivity index (χ0n) is 17.0. The quantitative estimate of drug-likeness (QED) is 0.520. The summed E-state index contributed by atoms with van der Waals surface area (Å²) in [4.78, 5) is 19.9. The monoisotopic (exact) mass is 408 g/mol. The largest absolute Gasteiger partial charge is 0.497 e. The van der Waals surface area contributed by atoms with Crippen molar-refractivity contribution in [3.8, 4) is 5.75 Å². The fourth-order valence-electron chi connectivity index (χ4n) is 4.14.